The molecule has 1 N–H and O–H groups in total. The minimum atomic E-state index is -0.799. The Morgan fingerprint density at radius 3 is 2.50 bits per heavy atom. The third kappa shape index (κ3) is 4.52. The summed E-state index contributed by atoms with van der Waals surface area (Å²) in [5.41, 5.74) is 0.830. The van der Waals surface area contributed by atoms with Gasteiger partial charge in [0.1, 0.15) is 11.5 Å². The molecule has 0 bridgehead atoms. The molecule has 116 valence electrons. The minimum Gasteiger partial charge on any atom is -0.497 e. The van der Waals surface area contributed by atoms with Crippen LogP contribution in [0.15, 0.2) is 54.6 Å². The summed E-state index contributed by atoms with van der Waals surface area (Å²) in [4.78, 5) is 11.4. The van der Waals surface area contributed by atoms with Crippen LogP contribution in [0.2, 0.25) is 0 Å². The van der Waals surface area contributed by atoms with Gasteiger partial charge in [-0.15, -0.1) is 0 Å². The van der Waals surface area contributed by atoms with E-state index in [1.807, 2.05) is 54.6 Å². The van der Waals surface area contributed by atoms with Crippen LogP contribution in [0.5, 0.6) is 11.5 Å². The standard InChI is InChI=1S/C18H20O4/c1-21-15-9-5-10-16(13-15)22-12-6-11-17(18(19)20)14-7-3-2-4-8-14/h2-5,7-10,13,17H,6,11-12H2,1H3,(H,19,20). The molecule has 1 atom stereocenters. The fourth-order valence-corrected chi connectivity index (χ4v) is 2.29. The lowest BCUT2D eigenvalue weighted by atomic mass is 9.95. The molecule has 0 heterocycles. The Kier molecular flexibility index (Phi) is 5.83. The van der Waals surface area contributed by atoms with Gasteiger partial charge in [0.2, 0.25) is 0 Å². The average molecular weight is 300 g/mol. The Labute approximate surface area is 130 Å². The normalized spacial score (nSPS) is 11.7. The van der Waals surface area contributed by atoms with Crippen LogP contribution in [0.3, 0.4) is 0 Å². The molecule has 2 aromatic rings. The molecule has 0 saturated heterocycles. The average Bonchev–Trinajstić information content (AvgIpc) is 2.55. The summed E-state index contributed by atoms with van der Waals surface area (Å²) in [7, 11) is 1.61. The molecule has 0 aliphatic rings. The van der Waals surface area contributed by atoms with Crippen molar-refractivity contribution in [2.75, 3.05) is 13.7 Å². The molecule has 0 spiro atoms. The highest BCUT2D eigenvalue weighted by Gasteiger charge is 2.18. The molecule has 2 rings (SSSR count). The summed E-state index contributed by atoms with van der Waals surface area (Å²) >= 11 is 0. The van der Waals surface area contributed by atoms with Crippen molar-refractivity contribution in [3.05, 3.63) is 60.2 Å². The monoisotopic (exact) mass is 300 g/mol. The number of methoxy groups -OCH3 is 1. The molecule has 22 heavy (non-hydrogen) atoms. The molecule has 0 aliphatic carbocycles. The van der Waals surface area contributed by atoms with Crippen LogP contribution in [0.1, 0.15) is 24.3 Å². The smallest absolute Gasteiger partial charge is 0.310 e. The van der Waals surface area contributed by atoms with Crippen LogP contribution >= 0.6 is 0 Å². The van der Waals surface area contributed by atoms with Gasteiger partial charge in [-0.2, -0.15) is 0 Å². The van der Waals surface area contributed by atoms with Crippen molar-refractivity contribution in [1.82, 2.24) is 0 Å². The second-order valence-corrected chi connectivity index (χ2v) is 4.97. The van der Waals surface area contributed by atoms with Crippen molar-refractivity contribution >= 4 is 5.97 Å². The molecule has 4 heteroatoms. The van der Waals surface area contributed by atoms with Gasteiger partial charge in [0.25, 0.3) is 0 Å². The van der Waals surface area contributed by atoms with E-state index in [2.05, 4.69) is 0 Å². The van der Waals surface area contributed by atoms with Crippen molar-refractivity contribution in [3.8, 4) is 11.5 Å². The third-order valence-electron chi connectivity index (χ3n) is 3.45. The van der Waals surface area contributed by atoms with E-state index in [-0.39, 0.29) is 0 Å². The highest BCUT2D eigenvalue weighted by molar-refractivity contribution is 5.75. The first kappa shape index (κ1) is 15.9. The third-order valence-corrected chi connectivity index (χ3v) is 3.45. The van der Waals surface area contributed by atoms with Crippen LogP contribution in [-0.2, 0) is 4.79 Å². The SMILES string of the molecule is COc1cccc(OCCCC(C(=O)O)c2ccccc2)c1. The summed E-state index contributed by atoms with van der Waals surface area (Å²) in [6.07, 6.45) is 1.21. The Morgan fingerprint density at radius 2 is 1.82 bits per heavy atom. The maximum atomic E-state index is 11.4. The number of hydrogen-bond acceptors (Lipinski definition) is 3. The zero-order valence-electron chi connectivity index (χ0n) is 12.6. The lowest BCUT2D eigenvalue weighted by molar-refractivity contribution is -0.139. The number of ether oxygens (including phenoxy) is 2. The van der Waals surface area contributed by atoms with Crippen molar-refractivity contribution in [2.45, 2.75) is 18.8 Å². The van der Waals surface area contributed by atoms with Crippen LogP contribution < -0.4 is 9.47 Å². The molecule has 0 amide bonds. The summed E-state index contributed by atoms with van der Waals surface area (Å²) in [6.45, 7) is 0.476. The summed E-state index contributed by atoms with van der Waals surface area (Å²) in [5.74, 6) is 0.179. The maximum absolute atomic E-state index is 11.4. The van der Waals surface area contributed by atoms with Crippen LogP contribution in [-0.4, -0.2) is 24.8 Å². The lowest BCUT2D eigenvalue weighted by Gasteiger charge is -2.13. The molecule has 1 unspecified atom stereocenters. The molecular formula is C18H20O4. The number of carboxylic acids is 1. The van der Waals surface area contributed by atoms with Gasteiger partial charge in [0.15, 0.2) is 0 Å². The second-order valence-electron chi connectivity index (χ2n) is 4.97. The van der Waals surface area contributed by atoms with Crippen molar-refractivity contribution in [3.63, 3.8) is 0 Å². The largest absolute Gasteiger partial charge is 0.497 e. The zero-order chi connectivity index (χ0) is 15.8. The quantitative estimate of drug-likeness (QED) is 0.755. The first-order valence-electron chi connectivity index (χ1n) is 7.25. The number of aliphatic carboxylic acids is 1. The fraction of sp³-hybridized carbons (Fsp3) is 0.278. The maximum Gasteiger partial charge on any atom is 0.310 e. The van der Waals surface area contributed by atoms with E-state index in [1.54, 1.807) is 7.11 Å². The topological polar surface area (TPSA) is 55.8 Å². The highest BCUT2D eigenvalue weighted by Crippen LogP contribution is 2.23. The van der Waals surface area contributed by atoms with Gasteiger partial charge < -0.3 is 14.6 Å². The fourth-order valence-electron chi connectivity index (χ4n) is 2.29. The highest BCUT2D eigenvalue weighted by atomic mass is 16.5. The van der Waals surface area contributed by atoms with E-state index in [9.17, 15) is 9.90 Å². The summed E-state index contributed by atoms with van der Waals surface area (Å²) in [6, 6.07) is 16.7. The number of rotatable bonds is 8. The zero-order valence-corrected chi connectivity index (χ0v) is 12.6. The molecule has 0 aromatic heterocycles. The van der Waals surface area contributed by atoms with E-state index >= 15 is 0 Å². The van der Waals surface area contributed by atoms with E-state index in [0.717, 1.165) is 17.1 Å². The number of carbonyl (C=O) groups is 1. The molecule has 0 aliphatic heterocycles. The predicted molar refractivity (Wildman–Crippen MR) is 84.5 cm³/mol. The Morgan fingerprint density at radius 1 is 1.09 bits per heavy atom. The van der Waals surface area contributed by atoms with Gasteiger partial charge in [-0.3, -0.25) is 4.79 Å². The Hall–Kier alpha value is -2.49. The van der Waals surface area contributed by atoms with Crippen LogP contribution in [0.25, 0.3) is 0 Å². The molecular weight excluding hydrogens is 280 g/mol. The van der Waals surface area contributed by atoms with Crippen LogP contribution in [0.4, 0.5) is 0 Å². The number of benzene rings is 2. The second kappa shape index (κ2) is 8.08. The molecule has 0 fully saturated rings. The minimum absolute atomic E-state index is 0.476. The van der Waals surface area contributed by atoms with Gasteiger partial charge in [0.05, 0.1) is 19.6 Å². The van der Waals surface area contributed by atoms with E-state index in [0.29, 0.717) is 19.4 Å². The summed E-state index contributed by atoms with van der Waals surface area (Å²) in [5, 5.41) is 9.35. The first-order chi connectivity index (χ1) is 10.7. The van der Waals surface area contributed by atoms with Gasteiger partial charge in [0, 0.05) is 6.07 Å². The molecule has 2 aromatic carbocycles. The molecule has 4 nitrogen and oxygen atoms in total. The molecule has 0 saturated carbocycles. The van der Waals surface area contributed by atoms with Gasteiger partial charge in [-0.05, 0) is 30.5 Å². The number of hydrogen-bond donors (Lipinski definition) is 1. The van der Waals surface area contributed by atoms with E-state index in [1.165, 1.54) is 0 Å². The van der Waals surface area contributed by atoms with Crippen LogP contribution in [0, 0.1) is 0 Å². The van der Waals surface area contributed by atoms with E-state index < -0.39 is 11.9 Å². The van der Waals surface area contributed by atoms with Gasteiger partial charge in [-0.25, -0.2) is 0 Å². The van der Waals surface area contributed by atoms with Crippen molar-refractivity contribution in [2.24, 2.45) is 0 Å². The first-order valence-corrected chi connectivity index (χ1v) is 7.25. The van der Waals surface area contributed by atoms with Gasteiger partial charge >= 0.3 is 5.97 Å². The summed E-state index contributed by atoms with van der Waals surface area (Å²) < 4.78 is 10.8. The van der Waals surface area contributed by atoms with Gasteiger partial charge in [-0.1, -0.05) is 36.4 Å². The Balaban J connectivity index is 1.85. The van der Waals surface area contributed by atoms with E-state index in [4.69, 9.17) is 9.47 Å². The predicted octanol–water partition coefficient (Wildman–Crippen LogP) is 3.72. The number of carboxylic acid groups (broad SMARTS) is 1. The van der Waals surface area contributed by atoms with Crippen molar-refractivity contribution in [1.29, 1.82) is 0 Å². The molecule has 0 radical (unpaired) electrons. The Bertz CT molecular complexity index is 595. The lowest BCUT2D eigenvalue weighted by Crippen LogP contribution is -2.13. The van der Waals surface area contributed by atoms with Crippen molar-refractivity contribution < 1.29 is 19.4 Å².